The molecule has 0 N–H and O–H groups in total. The van der Waals surface area contributed by atoms with Crippen LogP contribution in [0.5, 0.6) is 0 Å². The van der Waals surface area contributed by atoms with Gasteiger partial charge in [0.25, 0.3) is 0 Å². The van der Waals surface area contributed by atoms with E-state index in [9.17, 15) is 4.79 Å². The molecule has 0 saturated heterocycles. The summed E-state index contributed by atoms with van der Waals surface area (Å²) in [5.74, 6) is 0.149. The van der Waals surface area contributed by atoms with Crippen molar-refractivity contribution in [1.82, 2.24) is 0 Å². The lowest BCUT2D eigenvalue weighted by Gasteiger charge is -2.36. The Morgan fingerprint density at radius 2 is 1.77 bits per heavy atom. The first-order valence-electron chi connectivity index (χ1n) is 7.67. The maximum Gasteiger partial charge on any atom is 0.166 e. The Morgan fingerprint density at radius 3 is 2.50 bits per heavy atom. The standard InChI is InChI=1S/C21H20O/c1-3-14-21(15-4-2)19(22)13-12-17-10-7-9-16-8-5-6-11-18(16)20(17)21/h3-8,10-13H,1-2,9,14-15H2. The Bertz CT molecular complexity index is 718. The van der Waals surface area contributed by atoms with Gasteiger partial charge in [0.15, 0.2) is 5.78 Å². The molecule has 0 aliphatic heterocycles. The second kappa shape index (κ2) is 5.76. The second-order valence-electron chi connectivity index (χ2n) is 5.86. The lowest BCUT2D eigenvalue weighted by molar-refractivity contribution is -0.120. The zero-order chi connectivity index (χ0) is 15.6. The maximum absolute atomic E-state index is 12.8. The molecule has 3 rings (SSSR count). The minimum atomic E-state index is -0.571. The van der Waals surface area contributed by atoms with Crippen molar-refractivity contribution in [3.63, 3.8) is 0 Å². The summed E-state index contributed by atoms with van der Waals surface area (Å²) in [5.41, 5.74) is 4.14. The van der Waals surface area contributed by atoms with Gasteiger partial charge in [-0.05, 0) is 47.6 Å². The van der Waals surface area contributed by atoms with E-state index in [4.69, 9.17) is 0 Å². The predicted molar refractivity (Wildman–Crippen MR) is 92.4 cm³/mol. The van der Waals surface area contributed by atoms with Crippen molar-refractivity contribution in [3.8, 4) is 0 Å². The molecule has 22 heavy (non-hydrogen) atoms. The third kappa shape index (κ3) is 2.14. The Labute approximate surface area is 132 Å². The highest BCUT2D eigenvalue weighted by atomic mass is 16.1. The largest absolute Gasteiger partial charge is 0.294 e. The van der Waals surface area contributed by atoms with Crippen LogP contribution in [0.15, 0.2) is 79.5 Å². The number of allylic oxidation sites excluding steroid dienone is 8. The van der Waals surface area contributed by atoms with Crippen LogP contribution in [0.2, 0.25) is 0 Å². The molecule has 0 atom stereocenters. The summed E-state index contributed by atoms with van der Waals surface area (Å²) >= 11 is 0. The second-order valence-corrected chi connectivity index (χ2v) is 5.86. The molecule has 0 radical (unpaired) electrons. The van der Waals surface area contributed by atoms with E-state index in [2.05, 4.69) is 43.5 Å². The number of hydrogen-bond acceptors (Lipinski definition) is 1. The fourth-order valence-electron chi connectivity index (χ4n) is 3.60. The molecular formula is C21H20O. The van der Waals surface area contributed by atoms with E-state index >= 15 is 0 Å². The predicted octanol–water partition coefficient (Wildman–Crippen LogP) is 4.83. The zero-order valence-electron chi connectivity index (χ0n) is 12.7. The Hall–Kier alpha value is -2.41. The van der Waals surface area contributed by atoms with Crippen molar-refractivity contribution in [2.75, 3.05) is 0 Å². The van der Waals surface area contributed by atoms with E-state index in [-0.39, 0.29) is 5.78 Å². The third-order valence-electron chi connectivity index (χ3n) is 4.56. The smallest absolute Gasteiger partial charge is 0.166 e. The molecule has 0 fully saturated rings. The van der Waals surface area contributed by atoms with Gasteiger partial charge in [-0.2, -0.15) is 0 Å². The highest BCUT2D eigenvalue weighted by Gasteiger charge is 2.42. The van der Waals surface area contributed by atoms with Crippen molar-refractivity contribution in [2.24, 2.45) is 5.41 Å². The molecule has 0 saturated carbocycles. The molecule has 0 spiro atoms. The Kier molecular flexibility index (Phi) is 3.81. The van der Waals surface area contributed by atoms with Crippen molar-refractivity contribution < 1.29 is 4.79 Å². The van der Waals surface area contributed by atoms with Crippen LogP contribution in [-0.4, -0.2) is 5.78 Å². The van der Waals surface area contributed by atoms with E-state index in [0.717, 1.165) is 17.6 Å². The van der Waals surface area contributed by atoms with Gasteiger partial charge in [0, 0.05) is 0 Å². The summed E-state index contributed by atoms with van der Waals surface area (Å²) in [6.07, 6.45) is 13.8. The van der Waals surface area contributed by atoms with Gasteiger partial charge in [-0.3, -0.25) is 4.79 Å². The summed E-state index contributed by atoms with van der Waals surface area (Å²) in [4.78, 5) is 12.8. The zero-order valence-corrected chi connectivity index (χ0v) is 12.7. The molecule has 0 unspecified atom stereocenters. The number of rotatable bonds is 4. The molecule has 0 aromatic heterocycles. The van der Waals surface area contributed by atoms with Crippen LogP contribution in [0.3, 0.4) is 0 Å². The van der Waals surface area contributed by atoms with Gasteiger partial charge in [0.1, 0.15) is 0 Å². The summed E-state index contributed by atoms with van der Waals surface area (Å²) in [6.45, 7) is 7.76. The molecule has 2 aliphatic rings. The van der Waals surface area contributed by atoms with Crippen LogP contribution in [0.4, 0.5) is 0 Å². The topological polar surface area (TPSA) is 17.1 Å². The van der Waals surface area contributed by atoms with E-state index in [1.165, 1.54) is 11.1 Å². The Balaban J connectivity index is 2.32. The van der Waals surface area contributed by atoms with Gasteiger partial charge < -0.3 is 0 Å². The lowest BCUT2D eigenvalue weighted by atomic mass is 9.65. The number of ketones is 1. The van der Waals surface area contributed by atoms with Crippen molar-refractivity contribution >= 4 is 11.4 Å². The highest BCUT2D eigenvalue weighted by molar-refractivity contribution is 6.09. The fourth-order valence-corrected chi connectivity index (χ4v) is 3.60. The van der Waals surface area contributed by atoms with E-state index in [0.29, 0.717) is 12.8 Å². The first kappa shape index (κ1) is 14.5. The van der Waals surface area contributed by atoms with Crippen molar-refractivity contribution in [1.29, 1.82) is 0 Å². The number of carbonyl (C=O) groups excluding carboxylic acids is 1. The molecule has 0 heterocycles. The minimum absolute atomic E-state index is 0.149. The first-order chi connectivity index (χ1) is 10.7. The molecule has 110 valence electrons. The first-order valence-corrected chi connectivity index (χ1v) is 7.67. The monoisotopic (exact) mass is 288 g/mol. The maximum atomic E-state index is 12.8. The van der Waals surface area contributed by atoms with Crippen LogP contribution in [0, 0.1) is 5.41 Å². The molecule has 1 heteroatoms. The third-order valence-corrected chi connectivity index (χ3v) is 4.56. The molecular weight excluding hydrogens is 268 g/mol. The summed E-state index contributed by atoms with van der Waals surface area (Å²) in [7, 11) is 0. The molecule has 1 nitrogen and oxygen atoms in total. The highest BCUT2D eigenvalue weighted by Crippen LogP contribution is 2.49. The van der Waals surface area contributed by atoms with Crippen LogP contribution in [0.1, 0.15) is 24.0 Å². The number of fused-ring (bicyclic) bond motifs is 2. The number of benzene rings is 1. The number of carbonyl (C=O) groups is 1. The van der Waals surface area contributed by atoms with Crippen LogP contribution in [-0.2, 0) is 11.2 Å². The van der Waals surface area contributed by atoms with Gasteiger partial charge in [-0.1, -0.05) is 54.6 Å². The summed E-state index contributed by atoms with van der Waals surface area (Å²) in [6, 6.07) is 8.38. The summed E-state index contributed by atoms with van der Waals surface area (Å²) < 4.78 is 0. The fraction of sp³-hybridized carbons (Fsp3) is 0.190. The van der Waals surface area contributed by atoms with Gasteiger partial charge in [-0.15, -0.1) is 13.2 Å². The van der Waals surface area contributed by atoms with Crippen molar-refractivity contribution in [2.45, 2.75) is 19.3 Å². The van der Waals surface area contributed by atoms with E-state index in [1.54, 1.807) is 6.08 Å². The van der Waals surface area contributed by atoms with Gasteiger partial charge in [-0.25, -0.2) is 0 Å². The van der Waals surface area contributed by atoms with Crippen LogP contribution >= 0.6 is 0 Å². The Morgan fingerprint density at radius 1 is 1.05 bits per heavy atom. The molecule has 0 bridgehead atoms. The average molecular weight is 288 g/mol. The lowest BCUT2D eigenvalue weighted by Crippen LogP contribution is -2.33. The number of hydrogen-bond donors (Lipinski definition) is 0. The quantitative estimate of drug-likeness (QED) is 0.725. The van der Waals surface area contributed by atoms with Crippen LogP contribution in [0.25, 0.3) is 5.57 Å². The summed E-state index contributed by atoms with van der Waals surface area (Å²) in [5, 5.41) is 0. The van der Waals surface area contributed by atoms with Gasteiger partial charge >= 0.3 is 0 Å². The average Bonchev–Trinajstić information content (AvgIpc) is 2.71. The SMILES string of the molecule is C=CCC1(CC=C)C(=O)C=CC2=C1c1ccccc1CC=C2. The molecule has 1 aromatic rings. The molecule has 2 aliphatic carbocycles. The van der Waals surface area contributed by atoms with Crippen LogP contribution < -0.4 is 0 Å². The van der Waals surface area contributed by atoms with E-state index in [1.807, 2.05) is 24.3 Å². The molecule has 1 aromatic carbocycles. The van der Waals surface area contributed by atoms with Gasteiger partial charge in [0.05, 0.1) is 5.41 Å². The van der Waals surface area contributed by atoms with Gasteiger partial charge in [0.2, 0.25) is 0 Å². The van der Waals surface area contributed by atoms with E-state index < -0.39 is 5.41 Å². The van der Waals surface area contributed by atoms with Crippen molar-refractivity contribution in [3.05, 3.63) is 90.6 Å². The molecule has 0 amide bonds. The normalized spacial score (nSPS) is 18.5. The minimum Gasteiger partial charge on any atom is -0.294 e.